The van der Waals surface area contributed by atoms with Crippen LogP contribution < -0.4 is 10.9 Å². The highest BCUT2D eigenvalue weighted by Crippen LogP contribution is 2.26. The van der Waals surface area contributed by atoms with Gasteiger partial charge in [0.15, 0.2) is 5.69 Å². The first kappa shape index (κ1) is 24.1. The number of benzene rings is 2. The zero-order valence-corrected chi connectivity index (χ0v) is 19.4. The van der Waals surface area contributed by atoms with Gasteiger partial charge in [-0.1, -0.05) is 30.3 Å². The second-order valence-corrected chi connectivity index (χ2v) is 8.48. The van der Waals surface area contributed by atoms with Gasteiger partial charge >= 0.3 is 0 Å². The molecule has 4 rings (SSSR count). The molecule has 2 aromatic carbocycles. The van der Waals surface area contributed by atoms with Crippen LogP contribution in [-0.2, 0) is 13.6 Å². The Hall–Kier alpha value is -4.05. The van der Waals surface area contributed by atoms with Crippen LogP contribution in [0.2, 0.25) is 0 Å². The molecule has 1 atom stereocenters. The van der Waals surface area contributed by atoms with E-state index in [0.29, 0.717) is 30.8 Å². The number of carbonyl (C=O) groups excluding carboxylic acids is 2. The van der Waals surface area contributed by atoms with Crippen LogP contribution in [0.5, 0.6) is 5.75 Å². The van der Waals surface area contributed by atoms with E-state index >= 15 is 0 Å². The maximum atomic E-state index is 13.3. The molecule has 1 aromatic heterocycles. The Morgan fingerprint density at radius 3 is 2.46 bits per heavy atom. The van der Waals surface area contributed by atoms with Crippen LogP contribution in [-0.4, -0.2) is 63.0 Å². The van der Waals surface area contributed by atoms with Crippen LogP contribution >= 0.6 is 0 Å². The lowest BCUT2D eigenvalue weighted by molar-refractivity contribution is 0.0472. The molecule has 1 aliphatic rings. The minimum atomic E-state index is -0.790. The molecule has 1 saturated heterocycles. The van der Waals surface area contributed by atoms with Gasteiger partial charge in [-0.05, 0) is 36.9 Å². The monoisotopic (exact) mass is 479 g/mol. The van der Waals surface area contributed by atoms with Crippen LogP contribution in [0.25, 0.3) is 0 Å². The van der Waals surface area contributed by atoms with Crippen molar-refractivity contribution >= 4 is 11.8 Å². The van der Waals surface area contributed by atoms with Crippen LogP contribution in [0, 0.1) is 5.82 Å². The summed E-state index contributed by atoms with van der Waals surface area (Å²) in [6, 6.07) is 13.8. The molecule has 3 aromatic rings. The molecule has 1 fully saturated rings. The van der Waals surface area contributed by atoms with Gasteiger partial charge < -0.3 is 20.2 Å². The standard InChI is InChI=1S/C25H26FN5O4/c1-29-12-13-31(24(34)17-6-4-3-5-7-17)19(15-29)22-28-20(21(32)25(35)30(22)2)23(33)27-14-16-8-10-18(26)11-9-16/h3-11,19,32H,12-15H2,1-2H3,(H,27,33). The van der Waals surface area contributed by atoms with Crippen molar-refractivity contribution in [2.24, 2.45) is 7.05 Å². The van der Waals surface area contributed by atoms with Crippen molar-refractivity contribution in [3.8, 4) is 5.75 Å². The summed E-state index contributed by atoms with van der Waals surface area (Å²) < 4.78 is 14.3. The molecule has 1 aliphatic heterocycles. The smallest absolute Gasteiger partial charge is 0.296 e. The third-order valence-electron chi connectivity index (χ3n) is 6.05. The highest BCUT2D eigenvalue weighted by atomic mass is 19.1. The van der Waals surface area contributed by atoms with E-state index in [9.17, 15) is 23.9 Å². The highest BCUT2D eigenvalue weighted by Gasteiger charge is 2.35. The second-order valence-electron chi connectivity index (χ2n) is 8.48. The lowest BCUT2D eigenvalue weighted by Crippen LogP contribution is -2.51. The minimum absolute atomic E-state index is 0.0512. The number of rotatable bonds is 5. The Balaban J connectivity index is 1.67. The fourth-order valence-electron chi connectivity index (χ4n) is 4.06. The number of amides is 2. The maximum absolute atomic E-state index is 13.3. The Labute approximate surface area is 201 Å². The number of carbonyl (C=O) groups is 2. The van der Waals surface area contributed by atoms with E-state index in [4.69, 9.17) is 0 Å². The third kappa shape index (κ3) is 5.07. The first-order chi connectivity index (χ1) is 16.8. The number of hydrogen-bond donors (Lipinski definition) is 2. The maximum Gasteiger partial charge on any atom is 0.296 e. The van der Waals surface area contributed by atoms with Crippen molar-refractivity contribution < 1.29 is 19.1 Å². The summed E-state index contributed by atoms with van der Waals surface area (Å²) in [4.78, 5) is 47.0. The fraction of sp³-hybridized carbons (Fsp3) is 0.280. The van der Waals surface area contributed by atoms with Crippen molar-refractivity contribution in [2.75, 3.05) is 26.7 Å². The van der Waals surface area contributed by atoms with Gasteiger partial charge in [-0.2, -0.15) is 0 Å². The largest absolute Gasteiger partial charge is 0.501 e. The van der Waals surface area contributed by atoms with E-state index in [0.717, 1.165) is 0 Å². The summed E-state index contributed by atoms with van der Waals surface area (Å²) >= 11 is 0. The number of likely N-dealkylation sites (N-methyl/N-ethyl adjacent to an activating group) is 1. The predicted octanol–water partition coefficient (Wildman–Crippen LogP) is 1.68. The van der Waals surface area contributed by atoms with E-state index in [2.05, 4.69) is 10.3 Å². The molecule has 0 bridgehead atoms. The molecule has 9 nitrogen and oxygen atoms in total. The Morgan fingerprint density at radius 1 is 1.09 bits per heavy atom. The first-order valence-electron chi connectivity index (χ1n) is 11.1. The topological polar surface area (TPSA) is 108 Å². The SMILES string of the molecule is CN1CCN(C(=O)c2ccccc2)C(c2nc(C(=O)NCc3ccc(F)cc3)c(O)c(=O)n2C)C1. The quantitative estimate of drug-likeness (QED) is 0.577. The van der Waals surface area contributed by atoms with Crippen LogP contribution in [0.15, 0.2) is 59.4 Å². The number of halogens is 1. The summed E-state index contributed by atoms with van der Waals surface area (Å²) in [6.45, 7) is 1.47. The van der Waals surface area contributed by atoms with Crippen molar-refractivity contribution in [1.29, 1.82) is 0 Å². The molecule has 2 N–H and O–H groups in total. The summed E-state index contributed by atoms with van der Waals surface area (Å²) in [6.07, 6.45) is 0. The van der Waals surface area contributed by atoms with Gasteiger partial charge in [0.1, 0.15) is 17.7 Å². The molecule has 35 heavy (non-hydrogen) atoms. The van der Waals surface area contributed by atoms with Gasteiger partial charge in [-0.25, -0.2) is 9.37 Å². The number of hydrogen-bond acceptors (Lipinski definition) is 6. The Bertz CT molecular complexity index is 1290. The molecule has 0 radical (unpaired) electrons. The fourth-order valence-corrected chi connectivity index (χ4v) is 4.06. The lowest BCUT2D eigenvalue weighted by Gasteiger charge is -2.40. The summed E-state index contributed by atoms with van der Waals surface area (Å²) in [7, 11) is 3.34. The van der Waals surface area contributed by atoms with Gasteiger partial charge in [0, 0.05) is 38.8 Å². The molecule has 10 heteroatoms. The molecule has 2 amide bonds. The van der Waals surface area contributed by atoms with Crippen LogP contribution in [0.1, 0.15) is 38.3 Å². The van der Waals surface area contributed by atoms with E-state index < -0.39 is 34.8 Å². The third-order valence-corrected chi connectivity index (χ3v) is 6.05. The molecule has 0 spiro atoms. The van der Waals surface area contributed by atoms with E-state index in [1.54, 1.807) is 29.2 Å². The van der Waals surface area contributed by atoms with E-state index in [1.165, 1.54) is 35.9 Å². The zero-order chi connectivity index (χ0) is 25.1. The lowest BCUT2D eigenvalue weighted by atomic mass is 10.1. The van der Waals surface area contributed by atoms with Crippen molar-refractivity contribution in [3.63, 3.8) is 0 Å². The molecule has 182 valence electrons. The predicted molar refractivity (Wildman–Crippen MR) is 126 cm³/mol. The number of aromatic hydroxyl groups is 1. The molecule has 0 aliphatic carbocycles. The Kier molecular flexibility index (Phi) is 6.92. The van der Waals surface area contributed by atoms with Crippen molar-refractivity contribution in [3.05, 3.63) is 93.4 Å². The van der Waals surface area contributed by atoms with Gasteiger partial charge in [0.2, 0.25) is 5.75 Å². The number of nitrogens with zero attached hydrogens (tertiary/aromatic N) is 4. The molecular formula is C25H26FN5O4. The van der Waals surface area contributed by atoms with Gasteiger partial charge in [0.05, 0.1) is 0 Å². The number of nitrogens with one attached hydrogen (secondary N) is 1. The zero-order valence-electron chi connectivity index (χ0n) is 19.4. The van der Waals surface area contributed by atoms with Gasteiger partial charge in [0.25, 0.3) is 17.4 Å². The molecule has 0 saturated carbocycles. The molecular weight excluding hydrogens is 453 g/mol. The summed E-state index contributed by atoms with van der Waals surface area (Å²) in [5, 5.41) is 13.0. The number of piperazine rings is 1. The molecule has 1 unspecified atom stereocenters. The average molecular weight is 480 g/mol. The second kappa shape index (κ2) is 10.1. The van der Waals surface area contributed by atoms with Crippen LogP contribution in [0.4, 0.5) is 4.39 Å². The summed E-state index contributed by atoms with van der Waals surface area (Å²) in [5.41, 5.74) is -0.0762. The average Bonchev–Trinajstić information content (AvgIpc) is 2.87. The number of aromatic nitrogens is 2. The Morgan fingerprint density at radius 2 is 1.77 bits per heavy atom. The minimum Gasteiger partial charge on any atom is -0.501 e. The first-order valence-corrected chi connectivity index (χ1v) is 11.1. The van der Waals surface area contributed by atoms with Crippen molar-refractivity contribution in [1.82, 2.24) is 24.7 Å². The van der Waals surface area contributed by atoms with Gasteiger partial charge in [-0.3, -0.25) is 19.0 Å². The van der Waals surface area contributed by atoms with Gasteiger partial charge in [-0.15, -0.1) is 0 Å². The van der Waals surface area contributed by atoms with Crippen LogP contribution in [0.3, 0.4) is 0 Å². The van der Waals surface area contributed by atoms with Crippen molar-refractivity contribution in [2.45, 2.75) is 12.6 Å². The highest BCUT2D eigenvalue weighted by molar-refractivity contribution is 5.95. The van der Waals surface area contributed by atoms with E-state index in [-0.39, 0.29) is 18.3 Å². The van der Waals surface area contributed by atoms with E-state index in [1.807, 2.05) is 18.0 Å². The molecule has 2 heterocycles. The summed E-state index contributed by atoms with van der Waals surface area (Å²) in [5.74, 6) is -1.96. The normalized spacial score (nSPS) is 16.2.